The number of nitroso groups, excluding NO2 is 1. The first-order chi connectivity index (χ1) is 14.3. The van der Waals surface area contributed by atoms with Crippen LogP contribution in [0.4, 0.5) is 10.8 Å². The first-order valence-corrected chi connectivity index (χ1v) is 10.2. The van der Waals surface area contributed by atoms with Crippen LogP contribution >= 0.6 is 11.3 Å². The minimum atomic E-state index is 0.462. The number of piperazine rings is 1. The molecule has 2 aromatic carbocycles. The SMILES string of the molecule is O=Nc1ccc2[nH+]c(N3CCN(Cc4ccccc4-c4nn[nH]n4)CC3)sc2c1. The molecule has 0 radical (unpaired) electrons. The standard InChI is InChI=1S/C19H18N8OS/c28-23-14-5-6-16-17(11-14)29-19(20-16)27-9-7-26(8-10-27)12-13-3-1-2-4-15(13)18-21-24-25-22-18/h1-6,11H,7-10,12H2,(H,21,22,24,25)/p+1. The van der Waals surface area contributed by atoms with Gasteiger partial charge in [-0.15, -0.1) is 15.1 Å². The minimum absolute atomic E-state index is 0.462. The van der Waals surface area contributed by atoms with Crippen LogP contribution in [0.5, 0.6) is 0 Å². The molecule has 2 aromatic heterocycles. The normalized spacial score (nSPS) is 15.1. The summed E-state index contributed by atoms with van der Waals surface area (Å²) in [5, 5.41) is 18.6. The average molecular weight is 407 g/mol. The van der Waals surface area contributed by atoms with Crippen LogP contribution < -0.4 is 9.88 Å². The van der Waals surface area contributed by atoms with Crippen LogP contribution in [-0.4, -0.2) is 51.7 Å². The van der Waals surface area contributed by atoms with Gasteiger partial charge in [-0.1, -0.05) is 24.3 Å². The maximum atomic E-state index is 10.8. The quantitative estimate of drug-likeness (QED) is 0.510. The molecule has 5 rings (SSSR count). The topological polar surface area (TPSA) is 105 Å². The average Bonchev–Trinajstić information content (AvgIpc) is 3.44. The van der Waals surface area contributed by atoms with Gasteiger partial charge >= 0.3 is 5.13 Å². The van der Waals surface area contributed by atoms with E-state index in [1.54, 1.807) is 17.4 Å². The van der Waals surface area contributed by atoms with Crippen LogP contribution in [0.1, 0.15) is 5.56 Å². The van der Waals surface area contributed by atoms with Crippen molar-refractivity contribution in [1.29, 1.82) is 0 Å². The largest absolute Gasteiger partial charge is 0.334 e. The Bertz CT molecular complexity index is 1130. The molecular formula is C19H19N8OS+. The highest BCUT2D eigenvalue weighted by atomic mass is 32.1. The summed E-state index contributed by atoms with van der Waals surface area (Å²) in [5.74, 6) is 0.628. The summed E-state index contributed by atoms with van der Waals surface area (Å²) in [5.41, 5.74) is 3.71. The van der Waals surface area contributed by atoms with Crippen LogP contribution in [0.25, 0.3) is 21.6 Å². The number of anilines is 1. The van der Waals surface area contributed by atoms with Gasteiger partial charge in [0.05, 0.1) is 17.8 Å². The van der Waals surface area contributed by atoms with Gasteiger partial charge < -0.3 is 0 Å². The number of aromatic amines is 2. The summed E-state index contributed by atoms with van der Waals surface area (Å²) in [6.45, 7) is 4.65. The zero-order valence-corrected chi connectivity index (χ0v) is 16.4. The summed E-state index contributed by atoms with van der Waals surface area (Å²) < 4.78 is 1.05. The third kappa shape index (κ3) is 3.59. The van der Waals surface area contributed by atoms with E-state index in [4.69, 9.17) is 0 Å². The van der Waals surface area contributed by atoms with Crippen molar-refractivity contribution in [2.24, 2.45) is 5.18 Å². The second kappa shape index (κ2) is 7.64. The Morgan fingerprint density at radius 2 is 2.00 bits per heavy atom. The molecule has 9 nitrogen and oxygen atoms in total. The Balaban J connectivity index is 1.27. The number of aromatic nitrogens is 5. The highest BCUT2D eigenvalue weighted by Crippen LogP contribution is 2.29. The van der Waals surface area contributed by atoms with E-state index in [0.717, 1.165) is 53.6 Å². The van der Waals surface area contributed by atoms with Crippen LogP contribution in [0, 0.1) is 4.91 Å². The van der Waals surface area contributed by atoms with Gasteiger partial charge in [-0.3, -0.25) is 4.90 Å². The van der Waals surface area contributed by atoms with E-state index in [1.807, 2.05) is 30.3 Å². The summed E-state index contributed by atoms with van der Waals surface area (Å²) in [4.78, 5) is 19.0. The predicted octanol–water partition coefficient (Wildman–Crippen LogP) is 2.62. The van der Waals surface area contributed by atoms with Gasteiger partial charge in [0.1, 0.15) is 11.2 Å². The Labute approximate surface area is 170 Å². The Kier molecular flexibility index (Phi) is 4.70. The highest BCUT2D eigenvalue weighted by molar-refractivity contribution is 7.21. The molecule has 3 heterocycles. The molecule has 2 N–H and O–H groups in total. The van der Waals surface area contributed by atoms with Gasteiger partial charge in [0, 0.05) is 25.2 Å². The van der Waals surface area contributed by atoms with Crippen LogP contribution in [0.15, 0.2) is 47.6 Å². The number of H-pyrrole nitrogens is 2. The second-order valence-corrected chi connectivity index (χ2v) is 7.99. The lowest BCUT2D eigenvalue weighted by Crippen LogP contribution is -2.47. The number of rotatable bonds is 5. The number of nitrogens with zero attached hydrogens (tertiary/aromatic N) is 6. The molecule has 0 unspecified atom stereocenters. The maximum absolute atomic E-state index is 10.8. The molecule has 1 saturated heterocycles. The lowest BCUT2D eigenvalue weighted by atomic mass is 10.1. The van der Waals surface area contributed by atoms with Crippen molar-refractivity contribution in [3.63, 3.8) is 0 Å². The molecule has 0 amide bonds. The van der Waals surface area contributed by atoms with Crippen molar-refractivity contribution < 1.29 is 4.98 Å². The van der Waals surface area contributed by atoms with Crippen molar-refractivity contribution in [1.82, 2.24) is 25.5 Å². The lowest BCUT2D eigenvalue weighted by Gasteiger charge is -2.30. The molecular weight excluding hydrogens is 388 g/mol. The van der Waals surface area contributed by atoms with Crippen molar-refractivity contribution >= 4 is 32.4 Å². The number of fused-ring (bicyclic) bond motifs is 1. The minimum Gasteiger partial charge on any atom is -0.291 e. The Morgan fingerprint density at radius 3 is 2.79 bits per heavy atom. The molecule has 0 aliphatic carbocycles. The number of benzene rings is 2. The van der Waals surface area contributed by atoms with Crippen LogP contribution in [-0.2, 0) is 6.54 Å². The van der Waals surface area contributed by atoms with E-state index in [-0.39, 0.29) is 0 Å². The van der Waals surface area contributed by atoms with E-state index in [2.05, 4.69) is 46.7 Å². The van der Waals surface area contributed by atoms with E-state index < -0.39 is 0 Å². The van der Waals surface area contributed by atoms with Gasteiger partial charge in [-0.05, 0) is 45.5 Å². The molecule has 0 atom stereocenters. The second-order valence-electron chi connectivity index (χ2n) is 6.96. The molecule has 0 bridgehead atoms. The van der Waals surface area contributed by atoms with E-state index >= 15 is 0 Å². The van der Waals surface area contributed by atoms with E-state index in [9.17, 15) is 4.91 Å². The summed E-state index contributed by atoms with van der Waals surface area (Å²) >= 11 is 1.67. The van der Waals surface area contributed by atoms with E-state index in [1.165, 1.54) is 5.56 Å². The number of nitrogens with one attached hydrogen (secondary N) is 2. The molecule has 146 valence electrons. The third-order valence-electron chi connectivity index (χ3n) is 5.18. The monoisotopic (exact) mass is 407 g/mol. The number of hydrogen-bond donors (Lipinski definition) is 1. The zero-order valence-electron chi connectivity index (χ0n) is 15.6. The summed E-state index contributed by atoms with van der Waals surface area (Å²) in [6, 6.07) is 13.7. The fourth-order valence-electron chi connectivity index (χ4n) is 3.65. The predicted molar refractivity (Wildman–Crippen MR) is 111 cm³/mol. The summed E-state index contributed by atoms with van der Waals surface area (Å²) in [6.07, 6.45) is 0. The summed E-state index contributed by atoms with van der Waals surface area (Å²) in [7, 11) is 0. The zero-order chi connectivity index (χ0) is 19.6. The van der Waals surface area contributed by atoms with Gasteiger partial charge in [0.25, 0.3) is 0 Å². The number of tetrazole rings is 1. The molecule has 10 heteroatoms. The van der Waals surface area contributed by atoms with Gasteiger partial charge in [-0.25, -0.2) is 9.88 Å². The first-order valence-electron chi connectivity index (χ1n) is 9.38. The highest BCUT2D eigenvalue weighted by Gasteiger charge is 2.26. The lowest BCUT2D eigenvalue weighted by molar-refractivity contribution is -0.325. The van der Waals surface area contributed by atoms with Crippen molar-refractivity contribution in [2.45, 2.75) is 6.54 Å². The number of thiazole rings is 1. The Morgan fingerprint density at radius 1 is 1.14 bits per heavy atom. The van der Waals surface area contributed by atoms with Crippen LogP contribution in [0.2, 0.25) is 0 Å². The van der Waals surface area contributed by atoms with Crippen LogP contribution in [0.3, 0.4) is 0 Å². The molecule has 0 spiro atoms. The molecule has 1 fully saturated rings. The van der Waals surface area contributed by atoms with Crippen molar-refractivity contribution in [3.05, 3.63) is 52.9 Å². The molecule has 0 saturated carbocycles. The van der Waals surface area contributed by atoms with E-state index in [0.29, 0.717) is 11.5 Å². The maximum Gasteiger partial charge on any atom is 0.334 e. The smallest absolute Gasteiger partial charge is 0.291 e. The fourth-order valence-corrected chi connectivity index (χ4v) is 4.74. The number of hydrogen-bond acceptors (Lipinski definition) is 8. The molecule has 1 aliphatic rings. The third-order valence-corrected chi connectivity index (χ3v) is 6.29. The molecule has 29 heavy (non-hydrogen) atoms. The van der Waals surface area contributed by atoms with Crippen molar-refractivity contribution in [2.75, 3.05) is 31.1 Å². The van der Waals surface area contributed by atoms with Gasteiger partial charge in [-0.2, -0.15) is 5.21 Å². The Hall–Kier alpha value is -3.24. The van der Waals surface area contributed by atoms with Gasteiger partial charge in [0.2, 0.25) is 5.82 Å². The fraction of sp³-hybridized carbons (Fsp3) is 0.263. The first kappa shape index (κ1) is 17.8. The molecule has 4 aromatic rings. The molecule has 1 aliphatic heterocycles. The van der Waals surface area contributed by atoms with Crippen molar-refractivity contribution in [3.8, 4) is 11.4 Å². The van der Waals surface area contributed by atoms with Gasteiger partial charge in [0.15, 0.2) is 0 Å².